The normalized spacial score (nSPS) is 14.8. The molecule has 2 aromatic rings. The second-order valence-corrected chi connectivity index (χ2v) is 6.55. The average Bonchev–Trinajstić information content (AvgIpc) is 2.68. The minimum absolute atomic E-state index is 0.00404. The number of para-hydroxylation sites is 1. The number of benzene rings is 2. The van der Waals surface area contributed by atoms with Crippen LogP contribution in [0.5, 0.6) is 0 Å². The summed E-state index contributed by atoms with van der Waals surface area (Å²) in [5.74, 6) is -0.629. The third-order valence-corrected chi connectivity index (χ3v) is 4.75. The van der Waals surface area contributed by atoms with E-state index in [2.05, 4.69) is 10.4 Å². The lowest BCUT2D eigenvalue weighted by Crippen LogP contribution is -2.38. The van der Waals surface area contributed by atoms with Crippen LogP contribution in [0, 0.1) is 5.53 Å². The Morgan fingerprint density at radius 2 is 1.86 bits per heavy atom. The number of carbonyl (C=O) groups is 1. The van der Waals surface area contributed by atoms with Crippen molar-refractivity contribution < 1.29 is 18.0 Å². The van der Waals surface area contributed by atoms with Crippen LogP contribution in [0.1, 0.15) is 22.3 Å². The fourth-order valence-electron chi connectivity index (χ4n) is 2.94. The number of halogens is 4. The van der Waals surface area contributed by atoms with Gasteiger partial charge in [-0.15, -0.1) is 0 Å². The second kappa shape index (κ2) is 8.02. The molecule has 0 aromatic heterocycles. The van der Waals surface area contributed by atoms with Gasteiger partial charge in [0.05, 0.1) is 22.7 Å². The lowest BCUT2D eigenvalue weighted by atomic mass is 10.1. The molecule has 3 rings (SSSR count). The SMILES string of the molecule is N=NC1=C(Nc2ccccc2)CCN(C(=O)c2cccc(C(F)(F)F)c2Cl)C1. The van der Waals surface area contributed by atoms with E-state index in [4.69, 9.17) is 17.1 Å². The molecule has 0 saturated heterocycles. The van der Waals surface area contributed by atoms with Gasteiger partial charge in [0.2, 0.25) is 0 Å². The van der Waals surface area contributed by atoms with Crippen LogP contribution in [0.3, 0.4) is 0 Å². The van der Waals surface area contributed by atoms with E-state index in [9.17, 15) is 18.0 Å². The highest BCUT2D eigenvalue weighted by molar-refractivity contribution is 6.34. The number of hydrogen-bond acceptors (Lipinski definition) is 4. The standard InChI is InChI=1S/C19H16ClF3N4O/c20-17-13(7-4-8-14(17)19(21,22)23)18(28)27-10-9-15(16(11-27)26-24)25-12-5-2-1-3-6-12/h1-8,24-25H,9-11H2. The minimum Gasteiger partial charge on any atom is -0.357 e. The third kappa shape index (κ3) is 4.17. The summed E-state index contributed by atoms with van der Waals surface area (Å²) in [7, 11) is 0. The van der Waals surface area contributed by atoms with E-state index in [0.29, 0.717) is 17.8 Å². The van der Waals surface area contributed by atoms with Crippen LogP contribution in [0.2, 0.25) is 5.02 Å². The molecular formula is C19H16ClF3N4O. The van der Waals surface area contributed by atoms with Crippen LogP contribution in [-0.4, -0.2) is 23.9 Å². The number of anilines is 1. The molecule has 2 aromatic carbocycles. The summed E-state index contributed by atoms with van der Waals surface area (Å²) >= 11 is 5.86. The zero-order chi connectivity index (χ0) is 20.3. The molecule has 0 fully saturated rings. The van der Waals surface area contributed by atoms with Crippen LogP contribution in [0.4, 0.5) is 18.9 Å². The van der Waals surface area contributed by atoms with Gasteiger partial charge in [-0.2, -0.15) is 18.3 Å². The zero-order valence-electron chi connectivity index (χ0n) is 14.6. The highest BCUT2D eigenvalue weighted by atomic mass is 35.5. The molecule has 0 bridgehead atoms. The van der Waals surface area contributed by atoms with Crippen LogP contribution < -0.4 is 5.32 Å². The fraction of sp³-hybridized carbons (Fsp3) is 0.211. The van der Waals surface area contributed by atoms with Crippen molar-refractivity contribution >= 4 is 23.2 Å². The van der Waals surface area contributed by atoms with E-state index in [1.54, 1.807) is 0 Å². The molecule has 1 heterocycles. The summed E-state index contributed by atoms with van der Waals surface area (Å²) in [5.41, 5.74) is 7.98. The molecule has 146 valence electrons. The van der Waals surface area contributed by atoms with Gasteiger partial charge in [-0.05, 0) is 24.3 Å². The lowest BCUT2D eigenvalue weighted by Gasteiger charge is -2.29. The quantitative estimate of drug-likeness (QED) is 0.650. The van der Waals surface area contributed by atoms with Gasteiger partial charge in [-0.1, -0.05) is 35.9 Å². The predicted molar refractivity (Wildman–Crippen MR) is 99.2 cm³/mol. The molecule has 1 aliphatic heterocycles. The lowest BCUT2D eigenvalue weighted by molar-refractivity contribution is -0.137. The molecule has 0 atom stereocenters. The van der Waals surface area contributed by atoms with Crippen molar-refractivity contribution in [2.24, 2.45) is 5.11 Å². The second-order valence-electron chi connectivity index (χ2n) is 6.17. The molecule has 0 unspecified atom stereocenters. The average molecular weight is 409 g/mol. The number of alkyl halides is 3. The minimum atomic E-state index is -4.65. The largest absolute Gasteiger partial charge is 0.417 e. The number of carbonyl (C=O) groups excluding carboxylic acids is 1. The monoisotopic (exact) mass is 408 g/mol. The van der Waals surface area contributed by atoms with Crippen molar-refractivity contribution in [3.05, 3.63) is 76.1 Å². The first kappa shape index (κ1) is 19.9. The number of rotatable bonds is 4. The van der Waals surface area contributed by atoms with E-state index in [0.717, 1.165) is 17.8 Å². The van der Waals surface area contributed by atoms with Gasteiger partial charge >= 0.3 is 6.18 Å². The van der Waals surface area contributed by atoms with Gasteiger partial charge in [0, 0.05) is 24.4 Å². The Morgan fingerprint density at radius 3 is 2.50 bits per heavy atom. The van der Waals surface area contributed by atoms with Crippen LogP contribution >= 0.6 is 11.6 Å². The molecule has 28 heavy (non-hydrogen) atoms. The van der Waals surface area contributed by atoms with Crippen molar-refractivity contribution in [2.45, 2.75) is 12.6 Å². The topological polar surface area (TPSA) is 68.6 Å². The summed E-state index contributed by atoms with van der Waals surface area (Å²) in [6, 6.07) is 12.5. The maximum atomic E-state index is 13.0. The van der Waals surface area contributed by atoms with Crippen molar-refractivity contribution in [1.82, 2.24) is 4.90 Å². The zero-order valence-corrected chi connectivity index (χ0v) is 15.3. The Bertz CT molecular complexity index is 929. The maximum absolute atomic E-state index is 13.0. The molecular weight excluding hydrogens is 393 g/mol. The van der Waals surface area contributed by atoms with Gasteiger partial charge < -0.3 is 10.2 Å². The maximum Gasteiger partial charge on any atom is 0.417 e. The summed E-state index contributed by atoms with van der Waals surface area (Å²) in [6.45, 7) is 0.268. The van der Waals surface area contributed by atoms with E-state index in [-0.39, 0.29) is 18.7 Å². The van der Waals surface area contributed by atoms with Crippen molar-refractivity contribution in [3.63, 3.8) is 0 Å². The Kier molecular flexibility index (Phi) is 5.69. The van der Waals surface area contributed by atoms with Crippen molar-refractivity contribution in [2.75, 3.05) is 18.4 Å². The van der Waals surface area contributed by atoms with Crippen LogP contribution in [0.25, 0.3) is 0 Å². The molecule has 0 spiro atoms. The first-order valence-electron chi connectivity index (χ1n) is 8.38. The highest BCUT2D eigenvalue weighted by Gasteiger charge is 2.35. The Morgan fingerprint density at radius 1 is 1.14 bits per heavy atom. The number of nitrogens with zero attached hydrogens (tertiary/aromatic N) is 2. The predicted octanol–water partition coefficient (Wildman–Crippen LogP) is 5.56. The summed E-state index contributed by atoms with van der Waals surface area (Å²) < 4.78 is 39.1. The molecule has 0 saturated carbocycles. The fourth-order valence-corrected chi connectivity index (χ4v) is 3.25. The van der Waals surface area contributed by atoms with Gasteiger partial charge in [-0.3, -0.25) is 4.79 Å². The first-order valence-corrected chi connectivity index (χ1v) is 8.75. The molecule has 2 N–H and O–H groups in total. The number of nitrogens with one attached hydrogen (secondary N) is 2. The van der Waals surface area contributed by atoms with Crippen molar-refractivity contribution in [1.29, 1.82) is 5.53 Å². The van der Waals surface area contributed by atoms with Crippen molar-refractivity contribution in [3.8, 4) is 0 Å². The van der Waals surface area contributed by atoms with Crippen LogP contribution in [0.15, 0.2) is 65.0 Å². The Labute approximate surface area is 164 Å². The molecule has 0 radical (unpaired) electrons. The van der Waals surface area contributed by atoms with E-state index in [1.165, 1.54) is 11.0 Å². The molecule has 1 amide bonds. The molecule has 5 nitrogen and oxygen atoms in total. The Balaban J connectivity index is 1.83. The van der Waals surface area contributed by atoms with Gasteiger partial charge in [0.15, 0.2) is 0 Å². The van der Waals surface area contributed by atoms with Gasteiger partial charge in [0.1, 0.15) is 5.70 Å². The van der Waals surface area contributed by atoms with E-state index in [1.807, 2.05) is 30.3 Å². The van der Waals surface area contributed by atoms with Gasteiger partial charge in [0.25, 0.3) is 5.91 Å². The summed E-state index contributed by atoms with van der Waals surface area (Å²) in [6.07, 6.45) is -4.27. The number of amides is 1. The van der Waals surface area contributed by atoms with Gasteiger partial charge in [-0.25, -0.2) is 5.53 Å². The van der Waals surface area contributed by atoms with Crippen LogP contribution in [-0.2, 0) is 6.18 Å². The Hall–Kier alpha value is -2.87. The number of hydrogen-bond donors (Lipinski definition) is 2. The molecule has 0 aliphatic carbocycles. The summed E-state index contributed by atoms with van der Waals surface area (Å²) in [4.78, 5) is 14.1. The smallest absolute Gasteiger partial charge is 0.357 e. The molecule has 9 heteroatoms. The highest BCUT2D eigenvalue weighted by Crippen LogP contribution is 2.37. The van der Waals surface area contributed by atoms with E-state index >= 15 is 0 Å². The third-order valence-electron chi connectivity index (χ3n) is 4.35. The first-order chi connectivity index (χ1) is 13.3. The summed E-state index contributed by atoms with van der Waals surface area (Å²) in [5, 5.41) is 6.04. The van der Waals surface area contributed by atoms with E-state index < -0.39 is 22.7 Å². The molecule has 1 aliphatic rings.